The van der Waals surface area contributed by atoms with E-state index in [0.29, 0.717) is 24.1 Å². The number of nitrogens with one attached hydrogen (secondary N) is 1. The highest BCUT2D eigenvalue weighted by molar-refractivity contribution is 9.10. The van der Waals surface area contributed by atoms with Crippen molar-refractivity contribution in [1.82, 2.24) is 0 Å². The van der Waals surface area contributed by atoms with Gasteiger partial charge >= 0.3 is 5.97 Å². The third-order valence-electron chi connectivity index (χ3n) is 3.06. The number of rotatable bonds is 7. The fourth-order valence-electron chi connectivity index (χ4n) is 1.89. The molecule has 0 spiro atoms. The van der Waals surface area contributed by atoms with Gasteiger partial charge in [-0.3, -0.25) is 0 Å². The molecule has 1 aromatic rings. The van der Waals surface area contributed by atoms with E-state index >= 15 is 0 Å². The summed E-state index contributed by atoms with van der Waals surface area (Å²) < 4.78 is 5.88. The van der Waals surface area contributed by atoms with Crippen LogP contribution in [0.25, 0.3) is 0 Å². The van der Waals surface area contributed by atoms with Gasteiger partial charge in [-0.25, -0.2) is 4.79 Å². The maximum absolute atomic E-state index is 11.6. The lowest BCUT2D eigenvalue weighted by atomic mass is 10.0. The van der Waals surface area contributed by atoms with E-state index < -0.39 is 0 Å². The van der Waals surface area contributed by atoms with Crippen molar-refractivity contribution in [2.75, 3.05) is 11.9 Å². The summed E-state index contributed by atoms with van der Waals surface area (Å²) >= 11 is 3.50. The maximum atomic E-state index is 11.6. The Morgan fingerprint density at radius 2 is 2.00 bits per heavy atom. The van der Waals surface area contributed by atoms with Crippen molar-refractivity contribution in [1.29, 1.82) is 0 Å². The van der Waals surface area contributed by atoms with Gasteiger partial charge in [0.05, 0.1) is 12.2 Å². The second-order valence-corrected chi connectivity index (χ2v) is 6.29. The Hall–Kier alpha value is -1.03. The van der Waals surface area contributed by atoms with Crippen LogP contribution in [0.15, 0.2) is 22.7 Å². The van der Waals surface area contributed by atoms with Gasteiger partial charge < -0.3 is 10.1 Å². The molecule has 0 aromatic heterocycles. The second kappa shape index (κ2) is 8.30. The molecule has 1 unspecified atom stereocenters. The molecule has 20 heavy (non-hydrogen) atoms. The highest BCUT2D eigenvalue weighted by Gasteiger charge is 2.11. The number of esters is 1. The molecule has 1 N–H and O–H groups in total. The van der Waals surface area contributed by atoms with Crippen LogP contribution in [-0.2, 0) is 4.74 Å². The fourth-order valence-corrected chi connectivity index (χ4v) is 2.39. The van der Waals surface area contributed by atoms with Crippen LogP contribution in [0.2, 0.25) is 0 Å². The normalized spacial score (nSPS) is 12.3. The molecule has 0 amide bonds. The molecule has 1 aromatic carbocycles. The summed E-state index contributed by atoms with van der Waals surface area (Å²) in [5.41, 5.74) is 1.58. The first kappa shape index (κ1) is 17.0. The van der Waals surface area contributed by atoms with Gasteiger partial charge in [-0.15, -0.1) is 0 Å². The second-order valence-electron chi connectivity index (χ2n) is 5.43. The average Bonchev–Trinajstić information content (AvgIpc) is 2.39. The van der Waals surface area contributed by atoms with Gasteiger partial charge in [0.2, 0.25) is 0 Å². The van der Waals surface area contributed by atoms with E-state index in [1.165, 1.54) is 6.42 Å². The van der Waals surface area contributed by atoms with Gasteiger partial charge in [0.15, 0.2) is 0 Å². The molecule has 0 aliphatic rings. The van der Waals surface area contributed by atoms with Gasteiger partial charge in [0, 0.05) is 16.2 Å². The summed E-state index contributed by atoms with van der Waals surface area (Å²) in [5.74, 6) is 0.432. The number of carbonyl (C=O) groups excluding carboxylic acids is 1. The summed E-state index contributed by atoms with van der Waals surface area (Å²) in [7, 11) is 0. The highest BCUT2D eigenvalue weighted by Crippen LogP contribution is 2.25. The van der Waals surface area contributed by atoms with Crippen LogP contribution < -0.4 is 5.32 Å². The van der Waals surface area contributed by atoms with E-state index in [1.54, 1.807) is 19.1 Å². The smallest absolute Gasteiger partial charge is 0.338 e. The van der Waals surface area contributed by atoms with Crippen molar-refractivity contribution >= 4 is 27.6 Å². The molecule has 0 radical (unpaired) electrons. The summed E-state index contributed by atoms with van der Waals surface area (Å²) in [4.78, 5) is 11.6. The van der Waals surface area contributed by atoms with E-state index in [4.69, 9.17) is 4.74 Å². The number of hydrogen-bond acceptors (Lipinski definition) is 3. The predicted octanol–water partition coefficient (Wildman–Crippen LogP) is 4.86. The minimum atomic E-state index is -0.285. The molecule has 1 atom stereocenters. The van der Waals surface area contributed by atoms with Crippen molar-refractivity contribution in [3.05, 3.63) is 28.2 Å². The molecule has 3 nitrogen and oxygen atoms in total. The Bertz CT molecular complexity index is 446. The first-order chi connectivity index (χ1) is 9.43. The predicted molar refractivity (Wildman–Crippen MR) is 87.3 cm³/mol. The lowest BCUT2D eigenvalue weighted by Gasteiger charge is -2.17. The molecule has 0 aliphatic carbocycles. The Labute approximate surface area is 130 Å². The number of ether oxygens (including phenoxy) is 1. The maximum Gasteiger partial charge on any atom is 0.338 e. The van der Waals surface area contributed by atoms with Crippen molar-refractivity contribution < 1.29 is 9.53 Å². The van der Waals surface area contributed by atoms with E-state index in [2.05, 4.69) is 42.0 Å². The summed E-state index contributed by atoms with van der Waals surface area (Å²) in [5, 5.41) is 3.46. The molecule has 0 saturated carbocycles. The summed E-state index contributed by atoms with van der Waals surface area (Å²) in [6.45, 7) is 8.84. The molecule has 112 valence electrons. The zero-order chi connectivity index (χ0) is 15.1. The van der Waals surface area contributed by atoms with E-state index in [9.17, 15) is 4.79 Å². The number of carbonyl (C=O) groups is 1. The topological polar surface area (TPSA) is 38.3 Å². The number of anilines is 1. The van der Waals surface area contributed by atoms with Gasteiger partial charge in [-0.2, -0.15) is 0 Å². The standard InChI is InChI=1S/C16H24BrNO2/c1-5-20-16(19)13-8-9-15(14(17)10-13)18-12(4)7-6-11(2)3/h8-12,18H,5-7H2,1-4H3. The van der Waals surface area contributed by atoms with E-state index in [1.807, 2.05) is 6.07 Å². The monoisotopic (exact) mass is 341 g/mol. The number of hydrogen-bond donors (Lipinski definition) is 1. The quantitative estimate of drug-likeness (QED) is 0.719. The van der Waals surface area contributed by atoms with Crippen LogP contribution >= 0.6 is 15.9 Å². The third kappa shape index (κ3) is 5.53. The molecule has 0 aliphatic heterocycles. The fraction of sp³-hybridized carbons (Fsp3) is 0.562. The molecule has 1 rings (SSSR count). The Balaban J connectivity index is 2.66. The molecule has 0 fully saturated rings. The number of halogens is 1. The summed E-state index contributed by atoms with van der Waals surface area (Å²) in [6.07, 6.45) is 2.33. The van der Waals surface area contributed by atoms with Crippen LogP contribution in [0.1, 0.15) is 50.9 Å². The van der Waals surface area contributed by atoms with E-state index in [-0.39, 0.29) is 5.97 Å². The summed E-state index contributed by atoms with van der Waals surface area (Å²) in [6, 6.07) is 5.92. The minimum Gasteiger partial charge on any atom is -0.462 e. The van der Waals surface area contributed by atoms with Crippen LogP contribution in [0, 0.1) is 5.92 Å². The van der Waals surface area contributed by atoms with Gasteiger partial charge in [0.1, 0.15) is 0 Å². The Kier molecular flexibility index (Phi) is 7.06. The zero-order valence-corrected chi connectivity index (χ0v) is 14.3. The van der Waals surface area contributed by atoms with Gasteiger partial charge in [-0.05, 0) is 66.7 Å². The van der Waals surface area contributed by atoms with Crippen molar-refractivity contribution in [3.63, 3.8) is 0 Å². The molecule has 4 heteroatoms. The lowest BCUT2D eigenvalue weighted by molar-refractivity contribution is 0.0526. The molecule has 0 saturated heterocycles. The van der Waals surface area contributed by atoms with Crippen LogP contribution in [0.3, 0.4) is 0 Å². The Morgan fingerprint density at radius 3 is 2.55 bits per heavy atom. The first-order valence-corrected chi connectivity index (χ1v) is 7.96. The first-order valence-electron chi connectivity index (χ1n) is 7.17. The minimum absolute atomic E-state index is 0.285. The van der Waals surface area contributed by atoms with Crippen LogP contribution in [-0.4, -0.2) is 18.6 Å². The Morgan fingerprint density at radius 1 is 1.30 bits per heavy atom. The van der Waals surface area contributed by atoms with Crippen molar-refractivity contribution in [2.45, 2.75) is 46.6 Å². The van der Waals surface area contributed by atoms with Crippen LogP contribution in [0.5, 0.6) is 0 Å². The molecule has 0 heterocycles. The number of benzene rings is 1. The largest absolute Gasteiger partial charge is 0.462 e. The SMILES string of the molecule is CCOC(=O)c1ccc(NC(C)CCC(C)C)c(Br)c1. The highest BCUT2D eigenvalue weighted by atomic mass is 79.9. The average molecular weight is 342 g/mol. The van der Waals surface area contributed by atoms with Crippen molar-refractivity contribution in [2.24, 2.45) is 5.92 Å². The van der Waals surface area contributed by atoms with Crippen molar-refractivity contribution in [3.8, 4) is 0 Å². The van der Waals surface area contributed by atoms with Gasteiger partial charge in [-0.1, -0.05) is 13.8 Å². The van der Waals surface area contributed by atoms with Crippen LogP contribution in [0.4, 0.5) is 5.69 Å². The third-order valence-corrected chi connectivity index (χ3v) is 3.72. The zero-order valence-electron chi connectivity index (χ0n) is 12.7. The van der Waals surface area contributed by atoms with Gasteiger partial charge in [0.25, 0.3) is 0 Å². The molecular formula is C16H24BrNO2. The molecular weight excluding hydrogens is 318 g/mol. The van der Waals surface area contributed by atoms with E-state index in [0.717, 1.165) is 16.6 Å². The lowest BCUT2D eigenvalue weighted by Crippen LogP contribution is -2.16. The molecule has 0 bridgehead atoms.